The number of carbonyl (C=O) groups excluding carboxylic acids is 1. The monoisotopic (exact) mass is 249 g/mol. The van der Waals surface area contributed by atoms with Crippen LogP contribution >= 0.6 is 0 Å². The van der Waals surface area contributed by atoms with Gasteiger partial charge in [-0.15, -0.1) is 0 Å². The Morgan fingerprint density at radius 3 is 2.44 bits per heavy atom. The molecule has 1 rings (SSSR count). The van der Waals surface area contributed by atoms with Crippen LogP contribution in [0, 0.1) is 0 Å². The maximum Gasteiger partial charge on any atom is 0.179 e. The van der Waals surface area contributed by atoms with Crippen molar-refractivity contribution in [3.05, 3.63) is 35.9 Å². The minimum absolute atomic E-state index is 0.0797. The molecule has 1 atom stereocenters. The number of likely N-dealkylation sites (N-methyl/N-ethyl adjacent to an activating group) is 1. The molecule has 0 bridgehead atoms. The number of hydrogen-bond acceptors (Lipinski definition) is 3. The predicted molar refractivity (Wildman–Crippen MR) is 73.8 cm³/mol. The first-order chi connectivity index (χ1) is 8.74. The van der Waals surface area contributed by atoms with Crippen molar-refractivity contribution in [2.24, 2.45) is 0 Å². The molecule has 1 N–H and O–H groups in total. The van der Waals surface area contributed by atoms with Gasteiger partial charge >= 0.3 is 0 Å². The summed E-state index contributed by atoms with van der Waals surface area (Å²) in [5.74, 6) is 0.179. The lowest BCUT2D eigenvalue weighted by Gasteiger charge is -2.28. The summed E-state index contributed by atoms with van der Waals surface area (Å²) in [6.07, 6.45) is 1.51. The fourth-order valence-electron chi connectivity index (χ4n) is 2.21. The Kier molecular flexibility index (Phi) is 6.61. The van der Waals surface area contributed by atoms with Gasteiger partial charge < -0.3 is 5.11 Å². The lowest BCUT2D eigenvalue weighted by Crippen LogP contribution is -2.41. The molecule has 3 heteroatoms. The van der Waals surface area contributed by atoms with Crippen molar-refractivity contribution in [3.63, 3.8) is 0 Å². The molecular weight excluding hydrogens is 226 g/mol. The van der Waals surface area contributed by atoms with E-state index in [-0.39, 0.29) is 18.4 Å². The van der Waals surface area contributed by atoms with Crippen molar-refractivity contribution in [2.75, 3.05) is 19.7 Å². The van der Waals surface area contributed by atoms with Gasteiger partial charge in [0.25, 0.3) is 0 Å². The van der Waals surface area contributed by atoms with Crippen LogP contribution in [0.15, 0.2) is 30.3 Å². The molecule has 0 fully saturated rings. The zero-order valence-electron chi connectivity index (χ0n) is 11.3. The van der Waals surface area contributed by atoms with Crippen LogP contribution in [0.5, 0.6) is 0 Å². The summed E-state index contributed by atoms with van der Waals surface area (Å²) >= 11 is 0. The third-order valence-electron chi connectivity index (χ3n) is 3.20. The Labute approximate surface area is 109 Å². The fourth-order valence-corrected chi connectivity index (χ4v) is 2.21. The number of hydrogen-bond donors (Lipinski definition) is 1. The van der Waals surface area contributed by atoms with Gasteiger partial charge in [0.15, 0.2) is 5.78 Å². The van der Waals surface area contributed by atoms with Gasteiger partial charge in [0.1, 0.15) is 0 Å². The number of rotatable bonds is 8. The van der Waals surface area contributed by atoms with E-state index < -0.39 is 0 Å². The van der Waals surface area contributed by atoms with Crippen molar-refractivity contribution in [1.29, 1.82) is 0 Å². The maximum absolute atomic E-state index is 12.4. The molecule has 0 spiro atoms. The van der Waals surface area contributed by atoms with Crippen molar-refractivity contribution in [3.8, 4) is 0 Å². The molecule has 0 aromatic heterocycles. The first-order valence-electron chi connectivity index (χ1n) is 6.68. The topological polar surface area (TPSA) is 40.5 Å². The second-order valence-corrected chi connectivity index (χ2v) is 4.36. The predicted octanol–water partition coefficient (Wildman–Crippen LogP) is 2.35. The van der Waals surface area contributed by atoms with Crippen LogP contribution in [0.3, 0.4) is 0 Å². The molecule has 0 aliphatic carbocycles. The first kappa shape index (κ1) is 14.9. The van der Waals surface area contributed by atoms with Gasteiger partial charge in [0.05, 0.1) is 6.04 Å². The molecule has 0 radical (unpaired) electrons. The normalized spacial score (nSPS) is 12.7. The number of aliphatic hydroxyl groups is 1. The van der Waals surface area contributed by atoms with E-state index in [1.54, 1.807) is 0 Å². The molecular formula is C15H23NO2. The zero-order valence-corrected chi connectivity index (χ0v) is 11.3. The molecule has 0 heterocycles. The molecule has 0 aliphatic heterocycles. The van der Waals surface area contributed by atoms with Crippen molar-refractivity contribution in [2.45, 2.75) is 32.7 Å². The van der Waals surface area contributed by atoms with E-state index in [1.807, 2.05) is 37.3 Å². The number of aliphatic hydroxyl groups excluding tert-OH is 1. The maximum atomic E-state index is 12.4. The highest BCUT2D eigenvalue weighted by atomic mass is 16.3. The quantitative estimate of drug-likeness (QED) is 0.719. The lowest BCUT2D eigenvalue weighted by atomic mass is 10.0. The van der Waals surface area contributed by atoms with E-state index in [1.165, 1.54) is 0 Å². The van der Waals surface area contributed by atoms with Gasteiger partial charge in [0.2, 0.25) is 0 Å². The van der Waals surface area contributed by atoms with Crippen molar-refractivity contribution >= 4 is 5.78 Å². The summed E-state index contributed by atoms with van der Waals surface area (Å²) in [5.41, 5.74) is 0.770. The SMILES string of the molecule is CCC(C(=O)c1ccccc1)N(CC)CCCO. The van der Waals surface area contributed by atoms with Gasteiger partial charge in [-0.3, -0.25) is 9.69 Å². The van der Waals surface area contributed by atoms with Gasteiger partial charge in [0, 0.05) is 18.7 Å². The molecule has 18 heavy (non-hydrogen) atoms. The van der Waals surface area contributed by atoms with Crippen LogP contribution in [0.4, 0.5) is 0 Å². The fraction of sp³-hybridized carbons (Fsp3) is 0.533. The summed E-state index contributed by atoms with van der Waals surface area (Å²) in [6.45, 7) is 5.86. The van der Waals surface area contributed by atoms with E-state index >= 15 is 0 Å². The largest absolute Gasteiger partial charge is 0.396 e. The number of Topliss-reactive ketones (excluding diaryl/α,β-unsaturated/α-hetero) is 1. The zero-order chi connectivity index (χ0) is 13.4. The number of nitrogens with zero attached hydrogens (tertiary/aromatic N) is 1. The molecule has 1 aromatic rings. The summed E-state index contributed by atoms with van der Waals surface area (Å²) in [4.78, 5) is 14.6. The Morgan fingerprint density at radius 1 is 1.28 bits per heavy atom. The van der Waals surface area contributed by atoms with Crippen LogP contribution in [0.2, 0.25) is 0 Å². The molecule has 1 aromatic carbocycles. The summed E-state index contributed by atoms with van der Waals surface area (Å²) in [7, 11) is 0. The molecule has 3 nitrogen and oxygen atoms in total. The van der Waals surface area contributed by atoms with Crippen molar-refractivity contribution in [1.82, 2.24) is 4.90 Å². The van der Waals surface area contributed by atoms with Gasteiger partial charge in [-0.2, -0.15) is 0 Å². The Hall–Kier alpha value is -1.19. The Bertz CT molecular complexity index is 351. The minimum atomic E-state index is -0.0797. The summed E-state index contributed by atoms with van der Waals surface area (Å²) in [5, 5.41) is 8.91. The average Bonchev–Trinajstić information content (AvgIpc) is 2.43. The molecule has 0 saturated heterocycles. The van der Waals surface area contributed by atoms with Crippen LogP contribution in [0.25, 0.3) is 0 Å². The molecule has 1 unspecified atom stereocenters. The highest BCUT2D eigenvalue weighted by Gasteiger charge is 2.23. The van der Waals surface area contributed by atoms with E-state index in [2.05, 4.69) is 11.8 Å². The van der Waals surface area contributed by atoms with E-state index in [4.69, 9.17) is 5.11 Å². The van der Waals surface area contributed by atoms with E-state index in [0.29, 0.717) is 6.42 Å². The first-order valence-corrected chi connectivity index (χ1v) is 6.68. The van der Waals surface area contributed by atoms with Crippen LogP contribution in [-0.4, -0.2) is 41.5 Å². The number of carbonyl (C=O) groups is 1. The van der Waals surface area contributed by atoms with Crippen LogP contribution < -0.4 is 0 Å². The number of ketones is 1. The third kappa shape index (κ3) is 3.93. The second kappa shape index (κ2) is 8.01. The van der Waals surface area contributed by atoms with Gasteiger partial charge in [-0.25, -0.2) is 0 Å². The Morgan fingerprint density at radius 2 is 1.94 bits per heavy atom. The van der Waals surface area contributed by atoms with Gasteiger partial charge in [-0.05, 0) is 19.4 Å². The van der Waals surface area contributed by atoms with Crippen LogP contribution in [-0.2, 0) is 0 Å². The van der Waals surface area contributed by atoms with E-state index in [9.17, 15) is 4.79 Å². The highest BCUT2D eigenvalue weighted by Crippen LogP contribution is 2.12. The van der Waals surface area contributed by atoms with E-state index in [0.717, 1.165) is 25.1 Å². The summed E-state index contributed by atoms with van der Waals surface area (Å²) < 4.78 is 0. The standard InChI is InChI=1S/C15H23NO2/c1-3-14(16(4-2)11-8-12-17)15(18)13-9-6-5-7-10-13/h5-7,9-10,14,17H,3-4,8,11-12H2,1-2H3. The molecule has 0 aliphatic rings. The lowest BCUT2D eigenvalue weighted by molar-refractivity contribution is 0.0807. The van der Waals surface area contributed by atoms with Gasteiger partial charge in [-0.1, -0.05) is 44.2 Å². The van der Waals surface area contributed by atoms with Crippen molar-refractivity contribution < 1.29 is 9.90 Å². The van der Waals surface area contributed by atoms with Crippen LogP contribution in [0.1, 0.15) is 37.0 Å². The minimum Gasteiger partial charge on any atom is -0.396 e. The third-order valence-corrected chi connectivity index (χ3v) is 3.20. The molecule has 100 valence electrons. The Balaban J connectivity index is 2.78. The summed E-state index contributed by atoms with van der Waals surface area (Å²) in [6, 6.07) is 9.36. The highest BCUT2D eigenvalue weighted by molar-refractivity contribution is 6.00. The number of benzene rings is 1. The smallest absolute Gasteiger partial charge is 0.179 e. The average molecular weight is 249 g/mol. The second-order valence-electron chi connectivity index (χ2n) is 4.36. The molecule has 0 amide bonds. The molecule has 0 saturated carbocycles.